The molecule has 7 heteroatoms. The van der Waals surface area contributed by atoms with Gasteiger partial charge in [0.05, 0.1) is 5.69 Å². The third-order valence-electron chi connectivity index (χ3n) is 2.57. The standard InChI is InChI=1S/C14H11F3N2OS/c15-14(16,17)20-12-8-4-3-7-11(12)19-10-6-2-1-5-9(10)13(18)21/h1-8,19H,(H2,18,21). The van der Waals surface area contributed by atoms with E-state index in [9.17, 15) is 13.2 Å². The van der Waals surface area contributed by atoms with Crippen molar-refractivity contribution in [1.29, 1.82) is 0 Å². The summed E-state index contributed by atoms with van der Waals surface area (Å²) in [7, 11) is 0. The van der Waals surface area contributed by atoms with E-state index in [4.69, 9.17) is 18.0 Å². The Hall–Kier alpha value is -2.28. The summed E-state index contributed by atoms with van der Waals surface area (Å²) in [5, 5.41) is 2.85. The van der Waals surface area contributed by atoms with Crippen molar-refractivity contribution in [3.05, 3.63) is 54.1 Å². The van der Waals surface area contributed by atoms with Gasteiger partial charge in [-0.1, -0.05) is 36.5 Å². The van der Waals surface area contributed by atoms with Gasteiger partial charge >= 0.3 is 6.36 Å². The molecule has 110 valence electrons. The predicted octanol–water partition coefficient (Wildman–Crippen LogP) is 3.96. The van der Waals surface area contributed by atoms with Gasteiger partial charge in [-0.25, -0.2) is 0 Å². The average molecular weight is 312 g/mol. The first-order valence-corrected chi connectivity index (χ1v) is 6.28. The summed E-state index contributed by atoms with van der Waals surface area (Å²) in [6.07, 6.45) is -4.76. The quantitative estimate of drug-likeness (QED) is 0.839. The summed E-state index contributed by atoms with van der Waals surface area (Å²) in [4.78, 5) is 0.146. The van der Waals surface area contributed by atoms with Crippen molar-refractivity contribution in [2.24, 2.45) is 5.73 Å². The SMILES string of the molecule is NC(=S)c1ccccc1Nc1ccccc1OC(F)(F)F. The second-order valence-corrected chi connectivity index (χ2v) is 4.52. The van der Waals surface area contributed by atoms with E-state index in [1.165, 1.54) is 18.2 Å². The van der Waals surface area contributed by atoms with E-state index in [2.05, 4.69) is 10.1 Å². The van der Waals surface area contributed by atoms with Crippen molar-refractivity contribution in [1.82, 2.24) is 0 Å². The zero-order chi connectivity index (χ0) is 15.5. The molecule has 0 saturated heterocycles. The zero-order valence-electron chi connectivity index (χ0n) is 10.6. The number of alkyl halides is 3. The van der Waals surface area contributed by atoms with Crippen LogP contribution in [0.4, 0.5) is 24.5 Å². The molecule has 2 aromatic carbocycles. The molecule has 0 aliphatic heterocycles. The topological polar surface area (TPSA) is 47.3 Å². The third-order valence-corrected chi connectivity index (χ3v) is 2.79. The normalized spacial score (nSPS) is 11.0. The number of para-hydroxylation sites is 3. The Balaban J connectivity index is 2.35. The number of nitrogens with one attached hydrogen (secondary N) is 1. The molecule has 3 nitrogen and oxygen atoms in total. The Morgan fingerprint density at radius 2 is 1.57 bits per heavy atom. The highest BCUT2D eigenvalue weighted by Crippen LogP contribution is 2.32. The van der Waals surface area contributed by atoms with Crippen molar-refractivity contribution in [3.8, 4) is 5.75 Å². The monoisotopic (exact) mass is 312 g/mol. The number of ether oxygens (including phenoxy) is 1. The fourth-order valence-corrected chi connectivity index (χ4v) is 1.91. The van der Waals surface area contributed by atoms with Crippen LogP contribution < -0.4 is 15.8 Å². The van der Waals surface area contributed by atoms with Crippen LogP contribution in [0.15, 0.2) is 48.5 Å². The number of benzene rings is 2. The molecule has 0 amide bonds. The van der Waals surface area contributed by atoms with E-state index in [0.717, 1.165) is 0 Å². The maximum absolute atomic E-state index is 12.4. The van der Waals surface area contributed by atoms with Crippen LogP contribution in [0.5, 0.6) is 5.75 Å². The number of hydrogen-bond donors (Lipinski definition) is 2. The molecule has 0 aliphatic carbocycles. The zero-order valence-corrected chi connectivity index (χ0v) is 11.5. The van der Waals surface area contributed by atoms with Crippen molar-refractivity contribution in [2.45, 2.75) is 6.36 Å². The molecule has 2 aromatic rings. The molecule has 0 bridgehead atoms. The Labute approximate surface area is 124 Å². The highest BCUT2D eigenvalue weighted by atomic mass is 32.1. The maximum atomic E-state index is 12.4. The summed E-state index contributed by atoms with van der Waals surface area (Å²) in [6.45, 7) is 0. The van der Waals surface area contributed by atoms with Gasteiger partial charge in [-0.05, 0) is 24.3 Å². The second kappa shape index (κ2) is 6.01. The molecule has 0 aliphatic rings. The third kappa shape index (κ3) is 4.09. The van der Waals surface area contributed by atoms with Crippen LogP contribution in [0.3, 0.4) is 0 Å². The smallest absolute Gasteiger partial charge is 0.404 e. The minimum atomic E-state index is -4.76. The number of anilines is 2. The van der Waals surface area contributed by atoms with Gasteiger partial charge in [0.2, 0.25) is 0 Å². The predicted molar refractivity (Wildman–Crippen MR) is 78.7 cm³/mol. The minimum Gasteiger partial charge on any atom is -0.404 e. The van der Waals surface area contributed by atoms with E-state index in [1.807, 2.05) is 0 Å². The molecule has 0 saturated carbocycles. The number of thiocarbonyl (C=S) groups is 1. The lowest BCUT2D eigenvalue weighted by molar-refractivity contribution is -0.274. The van der Waals surface area contributed by atoms with Gasteiger partial charge in [-0.2, -0.15) is 0 Å². The van der Waals surface area contributed by atoms with Crippen molar-refractivity contribution >= 4 is 28.6 Å². The number of nitrogens with two attached hydrogens (primary N) is 1. The molecule has 0 heterocycles. The highest BCUT2D eigenvalue weighted by Gasteiger charge is 2.32. The summed E-state index contributed by atoms with van der Waals surface area (Å²) in [5.41, 5.74) is 6.79. The van der Waals surface area contributed by atoms with E-state index in [0.29, 0.717) is 11.3 Å². The molecular weight excluding hydrogens is 301 g/mol. The number of rotatable bonds is 4. The molecule has 2 rings (SSSR count). The number of hydrogen-bond acceptors (Lipinski definition) is 3. The highest BCUT2D eigenvalue weighted by molar-refractivity contribution is 7.80. The lowest BCUT2D eigenvalue weighted by Crippen LogP contribution is -2.18. The molecule has 21 heavy (non-hydrogen) atoms. The Morgan fingerprint density at radius 3 is 2.19 bits per heavy atom. The van der Waals surface area contributed by atoms with Gasteiger partial charge in [0, 0.05) is 11.3 Å². The number of halogens is 3. The van der Waals surface area contributed by atoms with Gasteiger partial charge in [0.25, 0.3) is 0 Å². The van der Waals surface area contributed by atoms with Crippen molar-refractivity contribution in [3.63, 3.8) is 0 Å². The van der Waals surface area contributed by atoms with Crippen LogP contribution >= 0.6 is 12.2 Å². The van der Waals surface area contributed by atoms with E-state index in [-0.39, 0.29) is 16.4 Å². The van der Waals surface area contributed by atoms with Crippen molar-refractivity contribution in [2.75, 3.05) is 5.32 Å². The van der Waals surface area contributed by atoms with Crippen LogP contribution in [-0.2, 0) is 0 Å². The minimum absolute atomic E-state index is 0.146. The van der Waals surface area contributed by atoms with Crippen LogP contribution in [-0.4, -0.2) is 11.4 Å². The summed E-state index contributed by atoms with van der Waals surface area (Å²) < 4.78 is 41.1. The molecular formula is C14H11F3N2OS. The first-order valence-electron chi connectivity index (χ1n) is 5.87. The van der Waals surface area contributed by atoms with Crippen LogP contribution in [0.25, 0.3) is 0 Å². The first kappa shape index (κ1) is 15.1. The molecule has 0 unspecified atom stereocenters. The average Bonchev–Trinajstić information content (AvgIpc) is 2.40. The first-order chi connectivity index (χ1) is 9.87. The fraction of sp³-hybridized carbons (Fsp3) is 0.0714. The molecule has 0 spiro atoms. The van der Waals surface area contributed by atoms with Gasteiger partial charge in [-0.3, -0.25) is 0 Å². The molecule has 0 aromatic heterocycles. The largest absolute Gasteiger partial charge is 0.573 e. The Bertz CT molecular complexity index is 659. The molecule has 3 N–H and O–H groups in total. The molecule has 0 radical (unpaired) electrons. The molecule has 0 fully saturated rings. The summed E-state index contributed by atoms with van der Waals surface area (Å²) >= 11 is 4.91. The van der Waals surface area contributed by atoms with E-state index < -0.39 is 6.36 Å². The van der Waals surface area contributed by atoms with Crippen LogP contribution in [0, 0.1) is 0 Å². The van der Waals surface area contributed by atoms with Gasteiger partial charge in [0.15, 0.2) is 5.75 Å². The summed E-state index contributed by atoms with van der Waals surface area (Å²) in [6, 6.07) is 12.5. The lowest BCUT2D eigenvalue weighted by atomic mass is 10.1. The van der Waals surface area contributed by atoms with Gasteiger partial charge in [0.1, 0.15) is 4.99 Å². The van der Waals surface area contributed by atoms with Crippen LogP contribution in [0.1, 0.15) is 5.56 Å². The van der Waals surface area contributed by atoms with Gasteiger partial charge in [-0.15, -0.1) is 13.2 Å². The van der Waals surface area contributed by atoms with E-state index >= 15 is 0 Å². The fourth-order valence-electron chi connectivity index (χ4n) is 1.74. The van der Waals surface area contributed by atoms with E-state index in [1.54, 1.807) is 30.3 Å². The second-order valence-electron chi connectivity index (χ2n) is 4.08. The van der Waals surface area contributed by atoms with Gasteiger partial charge < -0.3 is 15.8 Å². The lowest BCUT2D eigenvalue weighted by Gasteiger charge is -2.16. The Morgan fingerprint density at radius 1 is 1.00 bits per heavy atom. The Kier molecular flexibility index (Phi) is 4.32. The van der Waals surface area contributed by atoms with Crippen LogP contribution in [0.2, 0.25) is 0 Å². The van der Waals surface area contributed by atoms with Crippen molar-refractivity contribution < 1.29 is 17.9 Å². The molecule has 0 atom stereocenters. The summed E-state index contributed by atoms with van der Waals surface area (Å²) in [5.74, 6) is -0.331. The maximum Gasteiger partial charge on any atom is 0.573 e.